The number of carbonyl (C=O) groups is 1. The van der Waals surface area contributed by atoms with Crippen LogP contribution in [0, 0.1) is 0 Å². The molecule has 1 aliphatic rings. The van der Waals surface area contributed by atoms with E-state index in [1.165, 1.54) is 6.42 Å². The summed E-state index contributed by atoms with van der Waals surface area (Å²) >= 11 is 0. The lowest BCUT2D eigenvalue weighted by atomic mass is 10.1. The Morgan fingerprint density at radius 2 is 2.32 bits per heavy atom. The highest BCUT2D eigenvalue weighted by Gasteiger charge is 2.26. The zero-order valence-corrected chi connectivity index (χ0v) is 12.1. The van der Waals surface area contributed by atoms with E-state index in [0.29, 0.717) is 6.04 Å². The first-order valence-corrected chi connectivity index (χ1v) is 7.22. The number of aromatic nitrogens is 2. The van der Waals surface area contributed by atoms with Gasteiger partial charge in [-0.15, -0.1) is 0 Å². The Morgan fingerprint density at radius 3 is 2.89 bits per heavy atom. The average Bonchev–Trinajstić information content (AvgIpc) is 3.09. The molecule has 0 radical (unpaired) electrons. The monoisotopic (exact) mass is 264 g/mol. The maximum absolute atomic E-state index is 12.4. The van der Waals surface area contributed by atoms with Crippen LogP contribution in [-0.4, -0.2) is 40.0 Å². The molecule has 2 heterocycles. The molecule has 2 rings (SSSR count). The smallest absolute Gasteiger partial charge is 0.245 e. The molecule has 5 nitrogen and oxygen atoms in total. The summed E-state index contributed by atoms with van der Waals surface area (Å²) in [5, 5.41) is 3.46. The van der Waals surface area contributed by atoms with Gasteiger partial charge in [0.2, 0.25) is 5.91 Å². The summed E-state index contributed by atoms with van der Waals surface area (Å²) in [5.41, 5.74) is 1.13. The van der Waals surface area contributed by atoms with E-state index in [1.54, 1.807) is 6.33 Å². The van der Waals surface area contributed by atoms with Crippen molar-refractivity contribution < 1.29 is 4.79 Å². The highest BCUT2D eigenvalue weighted by molar-refractivity contribution is 5.80. The zero-order chi connectivity index (χ0) is 13.8. The number of nitrogens with one attached hydrogen (secondary N) is 1. The first-order valence-electron chi connectivity index (χ1n) is 7.22. The molecular weight excluding hydrogens is 240 g/mol. The Hall–Kier alpha value is -1.36. The summed E-state index contributed by atoms with van der Waals surface area (Å²) in [5.74, 6) is 0.169. The number of imidazole rings is 1. The van der Waals surface area contributed by atoms with E-state index in [-0.39, 0.29) is 11.9 Å². The molecular formula is C14H24N4O. The van der Waals surface area contributed by atoms with E-state index in [4.69, 9.17) is 0 Å². The van der Waals surface area contributed by atoms with Gasteiger partial charge in [-0.1, -0.05) is 0 Å². The summed E-state index contributed by atoms with van der Waals surface area (Å²) < 4.78 is 2.02. The largest absolute Gasteiger partial charge is 0.341 e. The van der Waals surface area contributed by atoms with Crippen LogP contribution in [0.1, 0.15) is 51.4 Å². The van der Waals surface area contributed by atoms with E-state index in [9.17, 15) is 4.79 Å². The Bertz CT molecular complexity index is 419. The molecule has 1 saturated heterocycles. The first kappa shape index (κ1) is 14.1. The molecule has 5 heteroatoms. The predicted molar refractivity (Wildman–Crippen MR) is 74.8 cm³/mol. The van der Waals surface area contributed by atoms with Gasteiger partial charge in [-0.05, 0) is 40.2 Å². The van der Waals surface area contributed by atoms with Crippen LogP contribution in [0.4, 0.5) is 0 Å². The predicted octanol–water partition coefficient (Wildman–Crippen LogP) is 1.74. The van der Waals surface area contributed by atoms with Crippen molar-refractivity contribution in [3.05, 3.63) is 18.2 Å². The summed E-state index contributed by atoms with van der Waals surface area (Å²) in [4.78, 5) is 18.5. The molecule has 0 spiro atoms. The van der Waals surface area contributed by atoms with Crippen LogP contribution in [0.25, 0.3) is 0 Å². The fourth-order valence-electron chi connectivity index (χ4n) is 2.76. The third-order valence-electron chi connectivity index (χ3n) is 3.96. The van der Waals surface area contributed by atoms with Crippen molar-refractivity contribution >= 4 is 5.91 Å². The molecule has 0 aromatic carbocycles. The minimum atomic E-state index is -0.181. The van der Waals surface area contributed by atoms with Gasteiger partial charge in [0.15, 0.2) is 0 Å². The molecule has 1 aromatic heterocycles. The van der Waals surface area contributed by atoms with Crippen molar-refractivity contribution in [3.63, 3.8) is 0 Å². The first-order chi connectivity index (χ1) is 9.19. The summed E-state index contributed by atoms with van der Waals surface area (Å²) in [6.45, 7) is 8.55. The Balaban J connectivity index is 2.17. The van der Waals surface area contributed by atoms with Gasteiger partial charge in [0.25, 0.3) is 0 Å². The van der Waals surface area contributed by atoms with Gasteiger partial charge in [0.05, 0.1) is 12.0 Å². The standard InChI is InChI=1S/C14H24N4O/c1-4-17(5-2)14(19)11(3)18-10-15-9-13(18)12-7-6-8-16-12/h9-12,16H,4-8H2,1-3H3/t11?,12-/m0/s1. The van der Waals surface area contributed by atoms with E-state index in [2.05, 4.69) is 10.3 Å². The second-order valence-electron chi connectivity index (χ2n) is 5.06. The lowest BCUT2D eigenvalue weighted by molar-refractivity contribution is -0.133. The minimum absolute atomic E-state index is 0.169. The van der Waals surface area contributed by atoms with Crippen molar-refractivity contribution in [3.8, 4) is 0 Å². The fourth-order valence-corrected chi connectivity index (χ4v) is 2.76. The summed E-state index contributed by atoms with van der Waals surface area (Å²) in [7, 11) is 0. The lowest BCUT2D eigenvalue weighted by Crippen LogP contribution is -2.36. The van der Waals surface area contributed by atoms with E-state index >= 15 is 0 Å². The van der Waals surface area contributed by atoms with Crippen molar-refractivity contribution in [2.24, 2.45) is 0 Å². The molecule has 1 aromatic rings. The number of carbonyl (C=O) groups excluding carboxylic acids is 1. The fraction of sp³-hybridized carbons (Fsp3) is 0.714. The normalized spacial score (nSPS) is 20.5. The third-order valence-corrected chi connectivity index (χ3v) is 3.96. The van der Waals surface area contributed by atoms with Crippen molar-refractivity contribution in [1.82, 2.24) is 19.8 Å². The lowest BCUT2D eigenvalue weighted by Gasteiger charge is -2.25. The van der Waals surface area contributed by atoms with Crippen LogP contribution in [0.15, 0.2) is 12.5 Å². The Morgan fingerprint density at radius 1 is 1.58 bits per heavy atom. The van der Waals surface area contributed by atoms with Gasteiger partial charge in [-0.3, -0.25) is 4.79 Å². The summed E-state index contributed by atoms with van der Waals surface area (Å²) in [6, 6.07) is 0.161. The van der Waals surface area contributed by atoms with Gasteiger partial charge in [0.1, 0.15) is 6.04 Å². The van der Waals surface area contributed by atoms with Crippen LogP contribution in [-0.2, 0) is 4.79 Å². The van der Waals surface area contributed by atoms with Gasteiger partial charge in [0, 0.05) is 25.3 Å². The van der Waals surface area contributed by atoms with Crippen LogP contribution in [0.2, 0.25) is 0 Å². The van der Waals surface area contributed by atoms with Crippen LogP contribution in [0.3, 0.4) is 0 Å². The van der Waals surface area contributed by atoms with Gasteiger partial charge in [-0.2, -0.15) is 0 Å². The van der Waals surface area contributed by atoms with Crippen LogP contribution in [0.5, 0.6) is 0 Å². The number of hydrogen-bond donors (Lipinski definition) is 1. The molecule has 1 N–H and O–H groups in total. The van der Waals surface area contributed by atoms with E-state index in [1.807, 2.05) is 36.4 Å². The number of amides is 1. The maximum Gasteiger partial charge on any atom is 0.245 e. The molecule has 0 saturated carbocycles. The summed E-state index contributed by atoms with van der Waals surface area (Å²) in [6.07, 6.45) is 5.97. The molecule has 106 valence electrons. The highest BCUT2D eigenvalue weighted by Crippen LogP contribution is 2.25. The van der Waals surface area contributed by atoms with Crippen LogP contribution < -0.4 is 5.32 Å². The molecule has 1 amide bonds. The maximum atomic E-state index is 12.4. The van der Waals surface area contributed by atoms with Crippen molar-refractivity contribution in [2.45, 2.75) is 45.7 Å². The molecule has 19 heavy (non-hydrogen) atoms. The second kappa shape index (κ2) is 6.19. The third kappa shape index (κ3) is 2.81. The van der Waals surface area contributed by atoms with Gasteiger partial charge < -0.3 is 14.8 Å². The minimum Gasteiger partial charge on any atom is -0.341 e. The molecule has 1 fully saturated rings. The molecule has 2 atom stereocenters. The quantitative estimate of drug-likeness (QED) is 0.881. The molecule has 1 unspecified atom stereocenters. The highest BCUT2D eigenvalue weighted by atomic mass is 16.2. The number of rotatable bonds is 5. The number of likely N-dealkylation sites (N-methyl/N-ethyl adjacent to an activating group) is 1. The van der Waals surface area contributed by atoms with E-state index in [0.717, 1.165) is 31.7 Å². The van der Waals surface area contributed by atoms with Crippen molar-refractivity contribution in [2.75, 3.05) is 19.6 Å². The van der Waals surface area contributed by atoms with Gasteiger partial charge in [-0.25, -0.2) is 4.98 Å². The molecule has 0 bridgehead atoms. The Kier molecular flexibility index (Phi) is 4.58. The molecule has 0 aliphatic carbocycles. The van der Waals surface area contributed by atoms with E-state index < -0.39 is 0 Å². The average molecular weight is 264 g/mol. The SMILES string of the molecule is CCN(CC)C(=O)C(C)n1cncc1[C@@H]1CCCN1. The van der Waals surface area contributed by atoms with Gasteiger partial charge >= 0.3 is 0 Å². The zero-order valence-electron chi connectivity index (χ0n) is 12.1. The molecule has 1 aliphatic heterocycles. The Labute approximate surface area is 115 Å². The van der Waals surface area contributed by atoms with Crippen molar-refractivity contribution in [1.29, 1.82) is 0 Å². The number of hydrogen-bond acceptors (Lipinski definition) is 3. The van der Waals surface area contributed by atoms with Crippen LogP contribution >= 0.6 is 0 Å². The second-order valence-corrected chi connectivity index (χ2v) is 5.06. The number of nitrogens with zero attached hydrogens (tertiary/aromatic N) is 3. The topological polar surface area (TPSA) is 50.2 Å².